The van der Waals surface area contributed by atoms with E-state index >= 15 is 0 Å². The Morgan fingerprint density at radius 2 is 1.90 bits per heavy atom. The second-order valence-corrected chi connectivity index (χ2v) is 7.34. The lowest BCUT2D eigenvalue weighted by molar-refractivity contribution is 0.160. The van der Waals surface area contributed by atoms with Crippen LogP contribution in [0.3, 0.4) is 0 Å². The van der Waals surface area contributed by atoms with Gasteiger partial charge in [-0.3, -0.25) is 4.90 Å². The molecule has 0 saturated carbocycles. The Hall–Kier alpha value is -0.680. The molecule has 0 spiro atoms. The van der Waals surface area contributed by atoms with Crippen LogP contribution in [0.25, 0.3) is 0 Å². The normalized spacial score (nSPS) is 16.2. The summed E-state index contributed by atoms with van der Waals surface area (Å²) in [5.41, 5.74) is 6.39. The van der Waals surface area contributed by atoms with Crippen LogP contribution in [0.2, 0.25) is 0 Å². The summed E-state index contributed by atoms with van der Waals surface area (Å²) in [5, 5.41) is 4.29. The van der Waals surface area contributed by atoms with Crippen molar-refractivity contribution in [2.75, 3.05) is 7.05 Å². The molecule has 0 aliphatic carbocycles. The second kappa shape index (κ2) is 7.36. The molecular formula is C16H24N2S2. The monoisotopic (exact) mass is 308 g/mol. The highest BCUT2D eigenvalue weighted by Gasteiger charge is 2.27. The molecule has 0 aliphatic heterocycles. The lowest BCUT2D eigenvalue weighted by Crippen LogP contribution is -2.43. The molecule has 0 aliphatic rings. The summed E-state index contributed by atoms with van der Waals surface area (Å²) in [6.07, 6.45) is 2.09. The zero-order chi connectivity index (χ0) is 14.5. The van der Waals surface area contributed by atoms with E-state index in [1.807, 2.05) is 22.7 Å². The van der Waals surface area contributed by atoms with Crippen molar-refractivity contribution < 1.29 is 0 Å². The molecule has 0 fully saturated rings. The van der Waals surface area contributed by atoms with E-state index in [-0.39, 0.29) is 6.04 Å². The van der Waals surface area contributed by atoms with Gasteiger partial charge in [-0.2, -0.15) is 0 Å². The standard InChI is InChI=1S/C16H24N2S2/c1-4-14(17)16(15-8-6-10-20-15)18(3)12(2)11-13-7-5-9-19-13/h5-10,12,14,16H,4,11,17H2,1-3H3. The lowest BCUT2D eigenvalue weighted by atomic mass is 10.0. The van der Waals surface area contributed by atoms with Gasteiger partial charge in [0.15, 0.2) is 0 Å². The Labute approximate surface area is 130 Å². The SMILES string of the molecule is CCC(N)C(c1cccs1)N(C)C(C)Cc1cccs1. The van der Waals surface area contributed by atoms with Crippen molar-refractivity contribution in [3.63, 3.8) is 0 Å². The molecule has 2 nitrogen and oxygen atoms in total. The van der Waals surface area contributed by atoms with Crippen molar-refractivity contribution in [3.8, 4) is 0 Å². The van der Waals surface area contributed by atoms with Crippen molar-refractivity contribution in [1.29, 1.82) is 0 Å². The van der Waals surface area contributed by atoms with Gasteiger partial charge < -0.3 is 5.73 Å². The predicted octanol–water partition coefficient (Wildman–Crippen LogP) is 4.15. The molecule has 2 rings (SSSR count). The van der Waals surface area contributed by atoms with Gasteiger partial charge >= 0.3 is 0 Å². The molecule has 110 valence electrons. The van der Waals surface area contributed by atoms with Gasteiger partial charge in [-0.1, -0.05) is 19.1 Å². The molecule has 3 atom stereocenters. The molecule has 3 unspecified atom stereocenters. The maximum absolute atomic E-state index is 6.39. The van der Waals surface area contributed by atoms with E-state index in [9.17, 15) is 0 Å². The zero-order valence-electron chi connectivity index (χ0n) is 12.5. The van der Waals surface area contributed by atoms with Gasteiger partial charge in [0.1, 0.15) is 0 Å². The third-order valence-corrected chi connectivity index (χ3v) is 5.76. The van der Waals surface area contributed by atoms with E-state index in [4.69, 9.17) is 5.73 Å². The highest BCUT2D eigenvalue weighted by atomic mass is 32.1. The Bertz CT molecular complexity index is 479. The minimum Gasteiger partial charge on any atom is -0.326 e. The third kappa shape index (κ3) is 3.70. The average Bonchev–Trinajstić information content (AvgIpc) is 3.11. The van der Waals surface area contributed by atoms with E-state index in [1.165, 1.54) is 9.75 Å². The molecule has 0 bridgehead atoms. The molecule has 20 heavy (non-hydrogen) atoms. The van der Waals surface area contributed by atoms with Crippen LogP contribution in [-0.2, 0) is 6.42 Å². The number of nitrogens with zero attached hydrogens (tertiary/aromatic N) is 1. The summed E-state index contributed by atoms with van der Waals surface area (Å²) < 4.78 is 0. The molecule has 2 heterocycles. The number of nitrogens with two attached hydrogens (primary N) is 1. The van der Waals surface area contributed by atoms with Gasteiger partial charge in [-0.05, 0) is 49.7 Å². The molecular weight excluding hydrogens is 284 g/mol. The van der Waals surface area contributed by atoms with Gasteiger partial charge in [-0.15, -0.1) is 22.7 Å². The zero-order valence-corrected chi connectivity index (χ0v) is 14.1. The highest BCUT2D eigenvalue weighted by Crippen LogP contribution is 2.30. The Kier molecular flexibility index (Phi) is 5.78. The van der Waals surface area contributed by atoms with Crippen LogP contribution in [0.4, 0.5) is 0 Å². The van der Waals surface area contributed by atoms with Gasteiger partial charge in [0, 0.05) is 21.8 Å². The van der Waals surface area contributed by atoms with E-state index in [2.05, 4.69) is 60.8 Å². The van der Waals surface area contributed by atoms with E-state index in [1.54, 1.807) is 0 Å². The number of hydrogen-bond acceptors (Lipinski definition) is 4. The van der Waals surface area contributed by atoms with Crippen LogP contribution in [0.5, 0.6) is 0 Å². The largest absolute Gasteiger partial charge is 0.326 e. The topological polar surface area (TPSA) is 29.3 Å². The molecule has 2 aromatic rings. The Morgan fingerprint density at radius 1 is 1.20 bits per heavy atom. The van der Waals surface area contributed by atoms with E-state index in [0.717, 1.165) is 12.8 Å². The van der Waals surface area contributed by atoms with Gasteiger partial charge in [0.25, 0.3) is 0 Å². The summed E-state index contributed by atoms with van der Waals surface area (Å²) in [6.45, 7) is 4.46. The predicted molar refractivity (Wildman–Crippen MR) is 90.6 cm³/mol. The van der Waals surface area contributed by atoms with Crippen LogP contribution in [0.15, 0.2) is 35.0 Å². The minimum absolute atomic E-state index is 0.185. The summed E-state index contributed by atoms with van der Waals surface area (Å²) in [4.78, 5) is 5.26. The van der Waals surface area contributed by atoms with Crippen molar-refractivity contribution in [1.82, 2.24) is 4.90 Å². The number of hydrogen-bond donors (Lipinski definition) is 1. The van der Waals surface area contributed by atoms with Crippen LogP contribution < -0.4 is 5.73 Å². The fourth-order valence-electron chi connectivity index (χ4n) is 2.53. The summed E-state index contributed by atoms with van der Waals surface area (Å²) >= 11 is 3.65. The number of likely N-dealkylation sites (N-methyl/N-ethyl adjacent to an activating group) is 1. The van der Waals surface area contributed by atoms with E-state index in [0.29, 0.717) is 12.1 Å². The lowest BCUT2D eigenvalue weighted by Gasteiger charge is -2.36. The first-order valence-electron chi connectivity index (χ1n) is 7.16. The van der Waals surface area contributed by atoms with Crippen molar-refractivity contribution in [3.05, 3.63) is 44.8 Å². The Morgan fingerprint density at radius 3 is 2.45 bits per heavy atom. The average molecular weight is 309 g/mol. The van der Waals surface area contributed by atoms with Crippen molar-refractivity contribution >= 4 is 22.7 Å². The van der Waals surface area contributed by atoms with Crippen LogP contribution >= 0.6 is 22.7 Å². The summed E-state index contributed by atoms with van der Waals surface area (Å²) in [5.74, 6) is 0. The third-order valence-electron chi connectivity index (χ3n) is 3.92. The van der Waals surface area contributed by atoms with E-state index < -0.39 is 0 Å². The molecule has 0 amide bonds. The fraction of sp³-hybridized carbons (Fsp3) is 0.500. The first kappa shape index (κ1) is 15.7. The molecule has 0 radical (unpaired) electrons. The molecule has 2 aromatic heterocycles. The van der Waals surface area contributed by atoms with Crippen molar-refractivity contribution in [2.45, 2.75) is 44.8 Å². The molecule has 0 saturated heterocycles. The van der Waals surface area contributed by atoms with Gasteiger partial charge in [-0.25, -0.2) is 0 Å². The first-order valence-corrected chi connectivity index (χ1v) is 8.92. The van der Waals surface area contributed by atoms with Crippen LogP contribution in [0, 0.1) is 0 Å². The summed E-state index contributed by atoms with van der Waals surface area (Å²) in [7, 11) is 2.21. The van der Waals surface area contributed by atoms with Crippen LogP contribution in [-0.4, -0.2) is 24.0 Å². The quantitative estimate of drug-likeness (QED) is 0.832. The van der Waals surface area contributed by atoms with Crippen molar-refractivity contribution in [2.24, 2.45) is 5.73 Å². The maximum atomic E-state index is 6.39. The molecule has 0 aromatic carbocycles. The maximum Gasteiger partial charge on any atom is 0.0593 e. The number of thiophene rings is 2. The second-order valence-electron chi connectivity index (χ2n) is 5.33. The van der Waals surface area contributed by atoms with Crippen LogP contribution in [0.1, 0.15) is 36.1 Å². The number of rotatable bonds is 7. The first-order chi connectivity index (χ1) is 9.63. The summed E-state index contributed by atoms with van der Waals surface area (Å²) in [6, 6.07) is 9.65. The Balaban J connectivity index is 2.11. The van der Waals surface area contributed by atoms with Gasteiger partial charge in [0.05, 0.1) is 6.04 Å². The smallest absolute Gasteiger partial charge is 0.0593 e. The molecule has 4 heteroatoms. The molecule has 2 N–H and O–H groups in total. The fourth-order valence-corrected chi connectivity index (χ4v) is 4.31. The minimum atomic E-state index is 0.185. The van der Waals surface area contributed by atoms with Gasteiger partial charge in [0.2, 0.25) is 0 Å². The highest BCUT2D eigenvalue weighted by molar-refractivity contribution is 7.10.